The van der Waals surface area contributed by atoms with E-state index < -0.39 is 0 Å². The molecule has 0 aliphatic carbocycles. The fourth-order valence-corrected chi connectivity index (χ4v) is 1.42. The molecule has 0 aliphatic rings. The van der Waals surface area contributed by atoms with Crippen LogP contribution in [0.15, 0.2) is 0 Å². The molecule has 4 heteroatoms. The first-order chi connectivity index (χ1) is 8.56. The lowest BCUT2D eigenvalue weighted by molar-refractivity contribution is 0.0387. The van der Waals surface area contributed by atoms with Gasteiger partial charge in [0.15, 0.2) is 0 Å². The second kappa shape index (κ2) is 11.9. The van der Waals surface area contributed by atoms with E-state index in [4.69, 9.17) is 14.2 Å². The normalized spacial score (nSPS) is 12.0. The van der Waals surface area contributed by atoms with Crippen LogP contribution in [0.3, 0.4) is 0 Å². The molecular weight excluding hydrogens is 230 g/mol. The van der Waals surface area contributed by atoms with Gasteiger partial charge in [-0.3, -0.25) is 0 Å². The molecule has 0 saturated carbocycles. The van der Waals surface area contributed by atoms with E-state index in [0.29, 0.717) is 13.2 Å². The van der Waals surface area contributed by atoms with Crippen molar-refractivity contribution >= 4 is 0 Å². The van der Waals surface area contributed by atoms with Crippen molar-refractivity contribution in [3.63, 3.8) is 0 Å². The van der Waals surface area contributed by atoms with Crippen molar-refractivity contribution in [3.8, 4) is 0 Å². The second-order valence-corrected chi connectivity index (χ2v) is 5.45. The molecule has 1 N–H and O–H groups in total. The molecule has 0 rings (SSSR count). The summed E-state index contributed by atoms with van der Waals surface area (Å²) in [5.41, 5.74) is 0.219. The van der Waals surface area contributed by atoms with E-state index in [1.165, 1.54) is 0 Å². The smallest absolute Gasteiger partial charge is 0.0700 e. The van der Waals surface area contributed by atoms with Crippen LogP contribution in [0, 0.1) is 0 Å². The lowest BCUT2D eigenvalue weighted by atomic mass is 10.1. The molecule has 0 aliphatic heterocycles. The first-order valence-electron chi connectivity index (χ1n) is 6.96. The number of methoxy groups -OCH3 is 1. The van der Waals surface area contributed by atoms with Crippen LogP contribution in [0.25, 0.3) is 0 Å². The third-order valence-corrected chi connectivity index (χ3v) is 2.38. The van der Waals surface area contributed by atoms with Gasteiger partial charge in [0.1, 0.15) is 0 Å². The summed E-state index contributed by atoms with van der Waals surface area (Å²) in [5.74, 6) is 0. The van der Waals surface area contributed by atoms with Gasteiger partial charge in [-0.15, -0.1) is 0 Å². The summed E-state index contributed by atoms with van der Waals surface area (Å²) in [6.45, 7) is 11.3. The average molecular weight is 261 g/mol. The highest BCUT2D eigenvalue weighted by atomic mass is 16.5. The lowest BCUT2D eigenvalue weighted by Crippen LogP contribution is -2.36. The van der Waals surface area contributed by atoms with E-state index in [0.717, 1.165) is 45.6 Å². The molecule has 0 spiro atoms. The van der Waals surface area contributed by atoms with Gasteiger partial charge in [-0.2, -0.15) is 0 Å². The highest BCUT2D eigenvalue weighted by Crippen LogP contribution is 1.99. The maximum absolute atomic E-state index is 5.49. The summed E-state index contributed by atoms with van der Waals surface area (Å²) in [6, 6.07) is 0. The lowest BCUT2D eigenvalue weighted by Gasteiger charge is -2.20. The minimum Gasteiger partial charge on any atom is -0.385 e. The highest BCUT2D eigenvalue weighted by Gasteiger charge is 2.06. The average Bonchev–Trinajstić information content (AvgIpc) is 2.29. The van der Waals surface area contributed by atoms with Gasteiger partial charge < -0.3 is 19.5 Å². The van der Waals surface area contributed by atoms with Gasteiger partial charge in [0.25, 0.3) is 0 Å². The Hall–Kier alpha value is -0.160. The van der Waals surface area contributed by atoms with Gasteiger partial charge in [-0.1, -0.05) is 0 Å². The van der Waals surface area contributed by atoms with Crippen molar-refractivity contribution in [2.75, 3.05) is 46.7 Å². The summed E-state index contributed by atoms with van der Waals surface area (Å²) in [6.07, 6.45) is 3.22. The SMILES string of the molecule is COCCCOCCOCCCCNC(C)(C)C. The Morgan fingerprint density at radius 2 is 1.39 bits per heavy atom. The number of hydrogen-bond acceptors (Lipinski definition) is 4. The van der Waals surface area contributed by atoms with Crippen LogP contribution in [0.5, 0.6) is 0 Å². The molecule has 110 valence electrons. The summed E-state index contributed by atoms with van der Waals surface area (Å²) < 4.78 is 15.8. The number of unbranched alkanes of at least 4 members (excludes halogenated alkanes) is 1. The molecule has 0 atom stereocenters. The van der Waals surface area contributed by atoms with Gasteiger partial charge in [-0.05, 0) is 46.6 Å². The van der Waals surface area contributed by atoms with Crippen LogP contribution in [-0.4, -0.2) is 52.2 Å². The van der Waals surface area contributed by atoms with Crippen LogP contribution in [0.1, 0.15) is 40.0 Å². The zero-order chi connectivity index (χ0) is 13.7. The van der Waals surface area contributed by atoms with E-state index in [1.54, 1.807) is 7.11 Å². The number of nitrogens with one attached hydrogen (secondary N) is 1. The zero-order valence-corrected chi connectivity index (χ0v) is 12.6. The Kier molecular flexibility index (Phi) is 11.8. The van der Waals surface area contributed by atoms with E-state index in [2.05, 4.69) is 26.1 Å². The van der Waals surface area contributed by atoms with E-state index >= 15 is 0 Å². The quantitative estimate of drug-likeness (QED) is 0.547. The van der Waals surface area contributed by atoms with Gasteiger partial charge in [-0.25, -0.2) is 0 Å². The van der Waals surface area contributed by atoms with Crippen LogP contribution in [0.4, 0.5) is 0 Å². The Labute approximate surface area is 112 Å². The van der Waals surface area contributed by atoms with Gasteiger partial charge in [0.2, 0.25) is 0 Å². The standard InChI is InChI=1S/C14H31NO3/c1-14(2,3)15-8-5-6-10-17-12-13-18-11-7-9-16-4/h15H,5-13H2,1-4H3. The van der Waals surface area contributed by atoms with Crippen molar-refractivity contribution in [2.24, 2.45) is 0 Å². The molecule has 0 bridgehead atoms. The molecule has 0 heterocycles. The number of hydrogen-bond donors (Lipinski definition) is 1. The molecule has 0 radical (unpaired) electrons. The van der Waals surface area contributed by atoms with Crippen LogP contribution >= 0.6 is 0 Å². The van der Waals surface area contributed by atoms with Crippen molar-refractivity contribution in [2.45, 2.75) is 45.6 Å². The molecule has 0 saturated heterocycles. The number of ether oxygens (including phenoxy) is 3. The molecule has 0 fully saturated rings. The van der Waals surface area contributed by atoms with Gasteiger partial charge in [0, 0.05) is 32.5 Å². The summed E-state index contributed by atoms with van der Waals surface area (Å²) in [7, 11) is 1.71. The fraction of sp³-hybridized carbons (Fsp3) is 1.00. The summed E-state index contributed by atoms with van der Waals surface area (Å²) in [4.78, 5) is 0. The maximum atomic E-state index is 5.49. The van der Waals surface area contributed by atoms with Crippen LogP contribution < -0.4 is 5.32 Å². The third kappa shape index (κ3) is 15.8. The topological polar surface area (TPSA) is 39.7 Å². The van der Waals surface area contributed by atoms with Gasteiger partial charge in [0.05, 0.1) is 13.2 Å². The van der Waals surface area contributed by atoms with E-state index in [-0.39, 0.29) is 5.54 Å². The summed E-state index contributed by atoms with van der Waals surface area (Å²) >= 11 is 0. The predicted molar refractivity (Wildman–Crippen MR) is 75.1 cm³/mol. The minimum atomic E-state index is 0.219. The Balaban J connectivity index is 2.99. The first kappa shape index (κ1) is 17.8. The molecule has 0 aromatic carbocycles. The maximum Gasteiger partial charge on any atom is 0.0700 e. The number of rotatable bonds is 12. The molecule has 4 nitrogen and oxygen atoms in total. The fourth-order valence-electron chi connectivity index (χ4n) is 1.42. The molecule has 0 aromatic rings. The summed E-state index contributed by atoms with van der Waals surface area (Å²) in [5, 5.41) is 3.46. The largest absolute Gasteiger partial charge is 0.385 e. The van der Waals surface area contributed by atoms with Crippen molar-refractivity contribution in [3.05, 3.63) is 0 Å². The Morgan fingerprint density at radius 1 is 0.778 bits per heavy atom. The zero-order valence-electron chi connectivity index (χ0n) is 12.6. The molecule has 0 aromatic heterocycles. The Morgan fingerprint density at radius 3 is 1.94 bits per heavy atom. The van der Waals surface area contributed by atoms with Crippen molar-refractivity contribution in [1.29, 1.82) is 0 Å². The van der Waals surface area contributed by atoms with E-state index in [1.807, 2.05) is 0 Å². The molecule has 18 heavy (non-hydrogen) atoms. The third-order valence-electron chi connectivity index (χ3n) is 2.38. The molecular formula is C14H31NO3. The monoisotopic (exact) mass is 261 g/mol. The van der Waals surface area contributed by atoms with E-state index in [9.17, 15) is 0 Å². The Bertz CT molecular complexity index is 169. The highest BCUT2D eigenvalue weighted by molar-refractivity contribution is 4.69. The minimum absolute atomic E-state index is 0.219. The molecule has 0 unspecified atom stereocenters. The van der Waals surface area contributed by atoms with Crippen LogP contribution in [-0.2, 0) is 14.2 Å². The van der Waals surface area contributed by atoms with Crippen molar-refractivity contribution in [1.82, 2.24) is 5.32 Å². The first-order valence-corrected chi connectivity index (χ1v) is 6.96. The second-order valence-electron chi connectivity index (χ2n) is 5.45. The molecule has 0 amide bonds. The van der Waals surface area contributed by atoms with Crippen molar-refractivity contribution < 1.29 is 14.2 Å². The van der Waals surface area contributed by atoms with Gasteiger partial charge >= 0.3 is 0 Å². The predicted octanol–water partition coefficient (Wildman–Crippen LogP) is 2.22. The van der Waals surface area contributed by atoms with Crippen LogP contribution in [0.2, 0.25) is 0 Å².